The molecule has 0 fully saturated rings. The number of hydrogen-bond acceptors (Lipinski definition) is 5. The van der Waals surface area contributed by atoms with E-state index in [0.29, 0.717) is 22.9 Å². The predicted octanol–water partition coefficient (Wildman–Crippen LogP) is 4.10. The van der Waals surface area contributed by atoms with Gasteiger partial charge in [-0.15, -0.1) is 0 Å². The molecule has 0 bridgehead atoms. The van der Waals surface area contributed by atoms with Crippen molar-refractivity contribution in [1.82, 2.24) is 25.1 Å². The van der Waals surface area contributed by atoms with Crippen LogP contribution in [0, 0.1) is 11.7 Å². The number of ether oxygens (including phenoxy) is 1. The molecule has 0 radical (unpaired) electrons. The maximum atomic E-state index is 5.80. The summed E-state index contributed by atoms with van der Waals surface area (Å²) in [6.45, 7) is 2.46. The van der Waals surface area contributed by atoms with E-state index in [0.717, 1.165) is 22.6 Å². The summed E-state index contributed by atoms with van der Waals surface area (Å²) in [6, 6.07) is 19.6. The highest BCUT2D eigenvalue weighted by Gasteiger charge is 2.10. The van der Waals surface area contributed by atoms with Crippen LogP contribution < -0.4 is 4.74 Å². The summed E-state index contributed by atoms with van der Waals surface area (Å²) in [6.07, 6.45) is 1.72. The lowest BCUT2D eigenvalue weighted by Gasteiger charge is -2.06. The molecule has 0 spiro atoms. The number of benzene rings is 2. The van der Waals surface area contributed by atoms with Crippen LogP contribution in [0.25, 0.3) is 11.5 Å². The zero-order chi connectivity index (χ0) is 19.3. The molecule has 4 aromatic rings. The molecule has 0 amide bonds. The Bertz CT molecular complexity index is 1140. The summed E-state index contributed by atoms with van der Waals surface area (Å²) in [4.78, 5) is 0. The predicted molar refractivity (Wildman–Crippen MR) is 110 cm³/mol. The van der Waals surface area contributed by atoms with Crippen molar-refractivity contribution in [3.63, 3.8) is 0 Å². The van der Waals surface area contributed by atoms with E-state index in [4.69, 9.17) is 17.0 Å². The van der Waals surface area contributed by atoms with Crippen LogP contribution in [-0.4, -0.2) is 31.3 Å². The van der Waals surface area contributed by atoms with E-state index in [9.17, 15) is 0 Å². The van der Waals surface area contributed by atoms with Crippen LogP contribution in [0.3, 0.4) is 0 Å². The van der Waals surface area contributed by atoms with Crippen molar-refractivity contribution in [3.8, 4) is 17.3 Å². The number of aromatic amines is 2. The van der Waals surface area contributed by atoms with Gasteiger partial charge in [0, 0.05) is 5.69 Å². The molecule has 0 saturated heterocycles. The van der Waals surface area contributed by atoms with E-state index in [2.05, 4.69) is 25.5 Å². The Labute approximate surface area is 166 Å². The maximum Gasteiger partial charge on any atom is 0.216 e. The zero-order valence-corrected chi connectivity index (χ0v) is 16.0. The number of H-pyrrole nitrogens is 2. The molecule has 0 unspecified atom stereocenters. The van der Waals surface area contributed by atoms with Gasteiger partial charge in [-0.3, -0.25) is 5.10 Å². The van der Waals surface area contributed by atoms with Crippen LogP contribution in [-0.2, 0) is 6.61 Å². The molecule has 2 aromatic carbocycles. The molecule has 2 N–H and O–H groups in total. The summed E-state index contributed by atoms with van der Waals surface area (Å²) >= 11 is 5.27. The largest absolute Gasteiger partial charge is 0.489 e. The molecule has 28 heavy (non-hydrogen) atoms. The molecule has 7 nitrogen and oxygen atoms in total. The second-order valence-electron chi connectivity index (χ2n) is 6.19. The number of aryl methyl sites for hydroxylation is 1. The van der Waals surface area contributed by atoms with Crippen molar-refractivity contribution in [3.05, 3.63) is 82.3 Å². The van der Waals surface area contributed by atoms with Crippen molar-refractivity contribution in [2.24, 2.45) is 5.10 Å². The first-order valence-electron chi connectivity index (χ1n) is 8.70. The fourth-order valence-electron chi connectivity index (χ4n) is 2.61. The molecule has 140 valence electrons. The van der Waals surface area contributed by atoms with Crippen molar-refractivity contribution >= 4 is 18.4 Å². The Morgan fingerprint density at radius 2 is 1.86 bits per heavy atom. The average molecular weight is 390 g/mol. The van der Waals surface area contributed by atoms with Crippen LogP contribution in [0.1, 0.15) is 16.8 Å². The molecule has 2 heterocycles. The molecule has 4 rings (SSSR count). The Kier molecular flexibility index (Phi) is 5.11. The fourth-order valence-corrected chi connectivity index (χ4v) is 2.79. The topological polar surface area (TPSA) is 83.9 Å². The lowest BCUT2D eigenvalue weighted by Crippen LogP contribution is -1.96. The summed E-state index contributed by atoms with van der Waals surface area (Å²) in [5.41, 5.74) is 3.65. The van der Waals surface area contributed by atoms with Crippen LogP contribution >= 0.6 is 12.2 Å². The summed E-state index contributed by atoms with van der Waals surface area (Å²) in [7, 11) is 0. The first-order chi connectivity index (χ1) is 13.7. The molecular weight excluding hydrogens is 372 g/mol. The van der Waals surface area contributed by atoms with Crippen molar-refractivity contribution in [2.75, 3.05) is 0 Å². The van der Waals surface area contributed by atoms with Gasteiger partial charge in [-0.25, -0.2) is 5.10 Å². The lowest BCUT2D eigenvalue weighted by molar-refractivity contribution is 0.306. The standard InChI is InChI=1S/C20H18N6OS/c1-14-11-18(23-22-14)19-24-25-20(28)26(19)21-12-15-7-9-17(10-8-15)27-13-16-5-3-2-4-6-16/h2-12H,13H2,1H3,(H,22,23)(H,25,28)/b21-12+. The van der Waals surface area contributed by atoms with Gasteiger partial charge in [-0.05, 0) is 60.6 Å². The number of rotatable bonds is 6. The second kappa shape index (κ2) is 8.01. The molecule has 0 atom stereocenters. The third-order valence-electron chi connectivity index (χ3n) is 4.04. The Morgan fingerprint density at radius 3 is 2.57 bits per heavy atom. The van der Waals surface area contributed by atoms with E-state index in [1.165, 1.54) is 0 Å². The normalized spacial score (nSPS) is 11.2. The fraction of sp³-hybridized carbons (Fsp3) is 0.100. The summed E-state index contributed by atoms with van der Waals surface area (Å²) < 4.78 is 7.75. The van der Waals surface area contributed by atoms with Crippen molar-refractivity contribution in [2.45, 2.75) is 13.5 Å². The average Bonchev–Trinajstić information content (AvgIpc) is 3.31. The highest BCUT2D eigenvalue weighted by atomic mass is 32.1. The quantitative estimate of drug-likeness (QED) is 0.383. The van der Waals surface area contributed by atoms with Gasteiger partial charge < -0.3 is 4.74 Å². The maximum absolute atomic E-state index is 5.80. The van der Waals surface area contributed by atoms with Crippen molar-refractivity contribution < 1.29 is 4.74 Å². The zero-order valence-electron chi connectivity index (χ0n) is 15.2. The van der Waals surface area contributed by atoms with Gasteiger partial charge in [0.1, 0.15) is 18.1 Å². The number of aromatic nitrogens is 5. The van der Waals surface area contributed by atoms with Crippen LogP contribution in [0.5, 0.6) is 5.75 Å². The molecular formula is C20H18N6OS. The minimum atomic E-state index is 0.398. The summed E-state index contributed by atoms with van der Waals surface area (Å²) in [5, 5.41) is 18.5. The minimum Gasteiger partial charge on any atom is -0.489 e. The van der Waals surface area contributed by atoms with Crippen LogP contribution in [0.2, 0.25) is 0 Å². The molecule has 0 aliphatic carbocycles. The highest BCUT2D eigenvalue weighted by molar-refractivity contribution is 7.71. The Morgan fingerprint density at radius 1 is 1.07 bits per heavy atom. The smallest absolute Gasteiger partial charge is 0.216 e. The van der Waals surface area contributed by atoms with Gasteiger partial charge >= 0.3 is 0 Å². The van der Waals surface area contributed by atoms with Crippen LogP contribution in [0.15, 0.2) is 65.8 Å². The number of nitrogens with one attached hydrogen (secondary N) is 2. The van der Waals surface area contributed by atoms with E-state index >= 15 is 0 Å². The van der Waals surface area contributed by atoms with Crippen molar-refractivity contribution in [1.29, 1.82) is 0 Å². The molecule has 0 saturated carbocycles. The second-order valence-corrected chi connectivity index (χ2v) is 6.57. The van der Waals surface area contributed by atoms with Gasteiger partial charge in [0.15, 0.2) is 0 Å². The van der Waals surface area contributed by atoms with E-state index < -0.39 is 0 Å². The van der Waals surface area contributed by atoms with Gasteiger partial charge in [0.25, 0.3) is 0 Å². The van der Waals surface area contributed by atoms with E-state index in [-0.39, 0.29) is 0 Å². The molecule has 2 aromatic heterocycles. The van der Waals surface area contributed by atoms with Gasteiger partial charge in [-0.1, -0.05) is 30.3 Å². The summed E-state index contributed by atoms with van der Waals surface area (Å²) in [5.74, 6) is 1.35. The molecule has 8 heteroatoms. The number of hydrogen-bond donors (Lipinski definition) is 2. The number of nitrogens with zero attached hydrogens (tertiary/aromatic N) is 4. The Hall–Kier alpha value is -3.52. The Balaban J connectivity index is 1.47. The molecule has 0 aliphatic rings. The highest BCUT2D eigenvalue weighted by Crippen LogP contribution is 2.16. The van der Waals surface area contributed by atoms with Gasteiger partial charge in [-0.2, -0.15) is 20.0 Å². The third kappa shape index (κ3) is 4.07. The lowest BCUT2D eigenvalue weighted by atomic mass is 10.2. The third-order valence-corrected chi connectivity index (χ3v) is 4.30. The van der Waals surface area contributed by atoms with Gasteiger partial charge in [0.05, 0.1) is 6.21 Å². The molecule has 0 aliphatic heterocycles. The first kappa shape index (κ1) is 17.9. The van der Waals surface area contributed by atoms with E-state index in [1.807, 2.05) is 67.6 Å². The SMILES string of the molecule is Cc1cc(-c2n[nH]c(=S)n2/N=C/c2ccc(OCc3ccccc3)cc2)n[nH]1. The van der Waals surface area contributed by atoms with Gasteiger partial charge in [0.2, 0.25) is 10.6 Å². The first-order valence-corrected chi connectivity index (χ1v) is 9.11. The van der Waals surface area contributed by atoms with E-state index in [1.54, 1.807) is 10.9 Å². The minimum absolute atomic E-state index is 0.398. The van der Waals surface area contributed by atoms with Crippen LogP contribution in [0.4, 0.5) is 0 Å². The monoisotopic (exact) mass is 390 g/mol.